The molecule has 1 saturated heterocycles. The number of anilines is 2. The number of H-pyrrole nitrogens is 1. The zero-order valence-electron chi connectivity index (χ0n) is 41.8. The van der Waals surface area contributed by atoms with Crippen molar-refractivity contribution in [3.8, 4) is 16.1 Å². The number of aliphatic imine (C=N–C) groups is 1. The predicted molar refractivity (Wildman–Crippen MR) is 284 cm³/mol. The highest BCUT2D eigenvalue weighted by atomic mass is 35.5. The highest BCUT2D eigenvalue weighted by molar-refractivity contribution is 7.15. The van der Waals surface area contributed by atoms with Gasteiger partial charge in [0.05, 0.1) is 12.1 Å². The van der Waals surface area contributed by atoms with Crippen LogP contribution in [0.4, 0.5) is 11.4 Å². The number of aromatic amines is 1. The Labute approximate surface area is 424 Å². The third kappa shape index (κ3) is 11.7. The van der Waals surface area contributed by atoms with Crippen molar-refractivity contribution in [3.05, 3.63) is 143 Å². The Morgan fingerprint density at radius 1 is 0.845 bits per heavy atom. The van der Waals surface area contributed by atoms with Gasteiger partial charge in [0, 0.05) is 94.5 Å². The second-order valence-electron chi connectivity index (χ2n) is 18.7. The number of benzene rings is 3. The summed E-state index contributed by atoms with van der Waals surface area (Å²) in [5, 5.41) is 19.7. The van der Waals surface area contributed by atoms with Gasteiger partial charge in [-0.15, -0.1) is 21.5 Å². The predicted octanol–water partition coefficient (Wildman–Crippen LogP) is 10.1. The number of rotatable bonds is 18. The number of carbonyl (C=O) groups excluding carboxylic acids is 3. The lowest BCUT2D eigenvalue weighted by Gasteiger charge is -2.37. The second kappa shape index (κ2) is 22.8. The standard InChI is InChI=1S/C55H64ClN9O5S/c1-8-64(43-22-25-70-26-23-43)47-29-40(28-44(35(47)5)53(68)58-31-45-32(2)27-33(3)59-54(45)69)38-16-20-42(21-17-38)60-48(66)13-11-9-10-12-24-57-49(67)30-46-52-63-62-37(7)65(52)55-50(34(4)36(6)71-55)51(61-46)39-14-18-41(56)19-15-39/h14-21,27-29,43,46H,8-13,22-26,30-31H2,1-7H3,(H,57,67)(H,58,68)(H,59,69)(H,60,66)/t46-/m0/s1. The highest BCUT2D eigenvalue weighted by Gasteiger charge is 2.33. The van der Waals surface area contributed by atoms with Gasteiger partial charge < -0.3 is 30.6 Å². The Bertz CT molecular complexity index is 3010. The summed E-state index contributed by atoms with van der Waals surface area (Å²) in [6, 6.07) is 21.1. The van der Waals surface area contributed by atoms with Gasteiger partial charge in [0.25, 0.3) is 11.5 Å². The molecule has 6 aromatic rings. The number of aromatic nitrogens is 4. The van der Waals surface area contributed by atoms with Crippen molar-refractivity contribution in [2.75, 3.05) is 36.5 Å². The van der Waals surface area contributed by atoms with Crippen molar-refractivity contribution < 1.29 is 19.1 Å². The fraction of sp³-hybridized carbons (Fsp3) is 0.400. The minimum atomic E-state index is -0.536. The van der Waals surface area contributed by atoms with E-state index >= 15 is 0 Å². The molecule has 372 valence electrons. The highest BCUT2D eigenvalue weighted by Crippen LogP contribution is 2.40. The van der Waals surface area contributed by atoms with Crippen LogP contribution >= 0.6 is 22.9 Å². The molecule has 0 bridgehead atoms. The summed E-state index contributed by atoms with van der Waals surface area (Å²) in [6.07, 6.45) is 5.51. The molecule has 16 heteroatoms. The van der Waals surface area contributed by atoms with Gasteiger partial charge in [0.2, 0.25) is 11.8 Å². The van der Waals surface area contributed by atoms with Gasteiger partial charge in [-0.3, -0.25) is 28.7 Å². The van der Waals surface area contributed by atoms with Gasteiger partial charge >= 0.3 is 0 Å². The number of nitrogens with one attached hydrogen (secondary N) is 4. The van der Waals surface area contributed by atoms with E-state index in [1.807, 2.05) is 92.9 Å². The summed E-state index contributed by atoms with van der Waals surface area (Å²) in [4.78, 5) is 64.9. The molecule has 3 amide bonds. The fourth-order valence-electron chi connectivity index (χ4n) is 9.73. The Hall–Kier alpha value is -6.42. The first-order valence-electron chi connectivity index (χ1n) is 24.7. The van der Waals surface area contributed by atoms with Crippen LogP contribution in [0.25, 0.3) is 16.1 Å². The molecule has 8 rings (SSSR count). The molecule has 2 aliphatic rings. The lowest BCUT2D eigenvalue weighted by molar-refractivity contribution is -0.121. The Kier molecular flexibility index (Phi) is 16.3. The molecule has 71 heavy (non-hydrogen) atoms. The van der Waals surface area contributed by atoms with Crippen molar-refractivity contribution >= 4 is 57.7 Å². The largest absolute Gasteiger partial charge is 0.381 e. The van der Waals surface area contributed by atoms with Gasteiger partial charge in [0.1, 0.15) is 16.9 Å². The van der Waals surface area contributed by atoms with Crippen molar-refractivity contribution in [2.24, 2.45) is 4.99 Å². The summed E-state index contributed by atoms with van der Waals surface area (Å²) < 4.78 is 7.73. The van der Waals surface area contributed by atoms with E-state index < -0.39 is 6.04 Å². The molecule has 0 spiro atoms. The molecule has 1 fully saturated rings. The van der Waals surface area contributed by atoms with E-state index in [-0.39, 0.29) is 42.3 Å². The molecular weight excluding hydrogens is 934 g/mol. The first kappa shape index (κ1) is 51.0. The Balaban J connectivity index is 0.845. The van der Waals surface area contributed by atoms with Crippen LogP contribution in [0.15, 0.2) is 76.5 Å². The molecule has 2 aliphatic heterocycles. The molecule has 0 saturated carbocycles. The Morgan fingerprint density at radius 2 is 1.56 bits per heavy atom. The molecule has 0 aliphatic carbocycles. The van der Waals surface area contributed by atoms with Crippen LogP contribution in [0.2, 0.25) is 5.02 Å². The zero-order chi connectivity index (χ0) is 50.3. The normalized spacial score (nSPS) is 14.5. The average Bonchev–Trinajstić information content (AvgIpc) is 3.83. The number of hydrogen-bond donors (Lipinski definition) is 4. The minimum Gasteiger partial charge on any atom is -0.381 e. The number of hydrogen-bond acceptors (Lipinski definition) is 10. The lowest BCUT2D eigenvalue weighted by atomic mass is 9.95. The molecule has 5 heterocycles. The topological polar surface area (TPSA) is 176 Å². The summed E-state index contributed by atoms with van der Waals surface area (Å²) in [6.45, 7) is 16.8. The molecule has 3 aromatic heterocycles. The monoisotopic (exact) mass is 997 g/mol. The number of aryl methyl sites for hydroxylation is 4. The summed E-state index contributed by atoms with van der Waals surface area (Å²) in [5.41, 5.74) is 10.7. The van der Waals surface area contributed by atoms with E-state index in [1.54, 1.807) is 11.3 Å². The number of unbranched alkanes of at least 4 members (excludes halogenated alkanes) is 3. The van der Waals surface area contributed by atoms with Crippen LogP contribution < -0.4 is 26.4 Å². The molecule has 4 N–H and O–H groups in total. The maximum absolute atomic E-state index is 14.0. The smallest absolute Gasteiger partial charge is 0.253 e. The Morgan fingerprint density at radius 3 is 2.28 bits per heavy atom. The lowest BCUT2D eigenvalue weighted by Crippen LogP contribution is -2.40. The second-order valence-corrected chi connectivity index (χ2v) is 20.3. The van der Waals surface area contributed by atoms with Crippen LogP contribution in [0, 0.1) is 41.5 Å². The number of ether oxygens (including phenoxy) is 1. The maximum atomic E-state index is 14.0. The van der Waals surface area contributed by atoms with Crippen LogP contribution in [0.5, 0.6) is 0 Å². The van der Waals surface area contributed by atoms with Gasteiger partial charge in [-0.05, 0) is 144 Å². The van der Waals surface area contributed by atoms with Crippen LogP contribution in [0.1, 0.15) is 130 Å². The molecular formula is C55H64ClN9O5S. The van der Waals surface area contributed by atoms with E-state index in [0.29, 0.717) is 53.8 Å². The number of carbonyl (C=O) groups is 3. The van der Waals surface area contributed by atoms with Crippen molar-refractivity contribution in [3.63, 3.8) is 0 Å². The van der Waals surface area contributed by atoms with Crippen molar-refractivity contribution in [1.29, 1.82) is 0 Å². The average molecular weight is 999 g/mol. The molecule has 14 nitrogen and oxygen atoms in total. The number of nitrogens with zero attached hydrogens (tertiary/aromatic N) is 5. The molecule has 3 aromatic carbocycles. The number of amides is 3. The summed E-state index contributed by atoms with van der Waals surface area (Å²) >= 11 is 7.94. The zero-order valence-corrected chi connectivity index (χ0v) is 43.3. The van der Waals surface area contributed by atoms with E-state index in [1.165, 1.54) is 4.88 Å². The van der Waals surface area contributed by atoms with E-state index in [9.17, 15) is 19.2 Å². The van der Waals surface area contributed by atoms with Crippen LogP contribution in [-0.2, 0) is 20.9 Å². The molecule has 0 radical (unpaired) electrons. The first-order chi connectivity index (χ1) is 34.2. The molecule has 1 atom stereocenters. The van der Waals surface area contributed by atoms with Gasteiger partial charge in [-0.25, -0.2) is 0 Å². The van der Waals surface area contributed by atoms with E-state index in [2.05, 4.69) is 62.9 Å². The number of fused-ring (bicyclic) bond motifs is 3. The van der Waals surface area contributed by atoms with Gasteiger partial charge in [0.15, 0.2) is 5.82 Å². The fourth-order valence-corrected chi connectivity index (χ4v) is 11.1. The molecule has 0 unspecified atom stereocenters. The van der Waals surface area contributed by atoms with Crippen molar-refractivity contribution in [2.45, 2.75) is 118 Å². The number of thiophene rings is 1. The van der Waals surface area contributed by atoms with Gasteiger partial charge in [-0.2, -0.15) is 0 Å². The summed E-state index contributed by atoms with van der Waals surface area (Å²) in [5.74, 6) is 0.957. The third-order valence-corrected chi connectivity index (χ3v) is 15.2. The third-order valence-electron chi connectivity index (χ3n) is 13.7. The quantitative estimate of drug-likeness (QED) is 0.0616. The first-order valence-corrected chi connectivity index (χ1v) is 25.9. The summed E-state index contributed by atoms with van der Waals surface area (Å²) in [7, 11) is 0. The number of halogens is 1. The van der Waals surface area contributed by atoms with Crippen LogP contribution in [-0.4, -0.2) is 75.5 Å². The number of pyridine rings is 1. The van der Waals surface area contributed by atoms with Crippen molar-refractivity contribution in [1.82, 2.24) is 30.4 Å². The van der Waals surface area contributed by atoms with Crippen LogP contribution in [0.3, 0.4) is 0 Å². The van der Waals surface area contributed by atoms with Gasteiger partial charge in [-0.1, -0.05) is 48.7 Å². The SMILES string of the molecule is CCN(c1cc(-c2ccc(NC(=O)CCCCCCNC(=O)C[C@@H]3N=C(c4ccc(Cl)cc4)c4c(sc(C)c4C)-n4c(C)nnc43)cc2)cc(C(=O)NCc2c(C)cc(C)[nH]c2=O)c1C)C1CCOCC1. The van der Waals surface area contributed by atoms with E-state index in [4.69, 9.17) is 21.3 Å². The maximum Gasteiger partial charge on any atom is 0.253 e. The minimum absolute atomic E-state index is 0.0648. The van der Waals surface area contributed by atoms with E-state index in [0.717, 1.165) is 112 Å².